The van der Waals surface area contributed by atoms with Crippen LogP contribution in [0.4, 0.5) is 0 Å². The summed E-state index contributed by atoms with van der Waals surface area (Å²) in [6.07, 6.45) is 2.15. The number of phenols is 1. The van der Waals surface area contributed by atoms with E-state index in [9.17, 15) is 18.3 Å². The topological polar surface area (TPSA) is 92.2 Å². The molecule has 1 atom stereocenters. The van der Waals surface area contributed by atoms with Gasteiger partial charge in [-0.2, -0.15) is 0 Å². The van der Waals surface area contributed by atoms with E-state index >= 15 is 0 Å². The average Bonchev–Trinajstić information content (AvgIpc) is 2.70. The van der Waals surface area contributed by atoms with Gasteiger partial charge in [0.2, 0.25) is 0 Å². The van der Waals surface area contributed by atoms with Crippen molar-refractivity contribution in [3.8, 4) is 5.75 Å². The molecular formula is C13H16N2O4S. The molecule has 1 saturated heterocycles. The van der Waals surface area contributed by atoms with Crippen molar-refractivity contribution in [3.63, 3.8) is 0 Å². The number of imidazole rings is 1. The standard InChI is InChI=1S/C13H16N2O4S/c16-11-6-3-5-10-12(11)14-13(17)15(10)8-9-4-1-2-7-20(9,18)19/h3,5-6,9,16H,1-2,4,7-8H2,(H,14,17). The van der Waals surface area contributed by atoms with Gasteiger partial charge in [0.25, 0.3) is 0 Å². The zero-order valence-corrected chi connectivity index (χ0v) is 11.7. The number of aromatic hydroxyl groups is 1. The van der Waals surface area contributed by atoms with Gasteiger partial charge in [0.15, 0.2) is 9.84 Å². The fourth-order valence-electron chi connectivity index (χ4n) is 2.78. The number of sulfone groups is 1. The number of para-hydroxylation sites is 1. The van der Waals surface area contributed by atoms with Crippen LogP contribution < -0.4 is 5.69 Å². The molecule has 2 N–H and O–H groups in total. The molecule has 1 aromatic carbocycles. The molecule has 1 fully saturated rings. The van der Waals surface area contributed by atoms with Gasteiger partial charge in [0.1, 0.15) is 11.3 Å². The lowest BCUT2D eigenvalue weighted by Gasteiger charge is -2.22. The van der Waals surface area contributed by atoms with Crippen molar-refractivity contribution in [1.29, 1.82) is 0 Å². The summed E-state index contributed by atoms with van der Waals surface area (Å²) in [7, 11) is -3.13. The number of fused-ring (bicyclic) bond motifs is 1. The number of phenolic OH excluding ortho intramolecular Hbond substituents is 1. The molecule has 0 spiro atoms. The quantitative estimate of drug-likeness (QED) is 0.865. The van der Waals surface area contributed by atoms with E-state index in [4.69, 9.17) is 0 Å². The fraction of sp³-hybridized carbons (Fsp3) is 0.462. The van der Waals surface area contributed by atoms with Gasteiger partial charge >= 0.3 is 5.69 Å². The van der Waals surface area contributed by atoms with Gasteiger partial charge in [-0.25, -0.2) is 13.2 Å². The van der Waals surface area contributed by atoms with E-state index < -0.39 is 15.1 Å². The second-order valence-electron chi connectivity index (χ2n) is 5.20. The summed E-state index contributed by atoms with van der Waals surface area (Å²) in [4.78, 5) is 14.6. The van der Waals surface area contributed by atoms with Crippen LogP contribution in [0.25, 0.3) is 11.0 Å². The summed E-state index contributed by atoms with van der Waals surface area (Å²) in [5.41, 5.74) is 0.503. The Balaban J connectivity index is 2.05. The largest absolute Gasteiger partial charge is 0.506 e. The monoisotopic (exact) mass is 296 g/mol. The van der Waals surface area contributed by atoms with Crippen molar-refractivity contribution < 1.29 is 13.5 Å². The van der Waals surface area contributed by atoms with Crippen LogP contribution in [0.5, 0.6) is 5.75 Å². The van der Waals surface area contributed by atoms with Crippen molar-refractivity contribution in [1.82, 2.24) is 9.55 Å². The molecule has 0 saturated carbocycles. The smallest absolute Gasteiger partial charge is 0.326 e. The Hall–Kier alpha value is -1.76. The molecule has 2 heterocycles. The Morgan fingerprint density at radius 1 is 1.35 bits per heavy atom. The zero-order chi connectivity index (χ0) is 14.3. The van der Waals surface area contributed by atoms with Crippen LogP contribution in [0, 0.1) is 0 Å². The van der Waals surface area contributed by atoms with E-state index in [1.54, 1.807) is 12.1 Å². The van der Waals surface area contributed by atoms with Crippen LogP contribution in [-0.2, 0) is 16.4 Å². The summed E-state index contributed by atoms with van der Waals surface area (Å²) >= 11 is 0. The van der Waals surface area contributed by atoms with Gasteiger partial charge in [-0.05, 0) is 25.0 Å². The Morgan fingerprint density at radius 2 is 2.15 bits per heavy atom. The van der Waals surface area contributed by atoms with Gasteiger partial charge in [-0.3, -0.25) is 4.57 Å². The Morgan fingerprint density at radius 3 is 2.90 bits per heavy atom. The first kappa shape index (κ1) is 13.2. The molecule has 1 aliphatic rings. The normalized spacial score (nSPS) is 22.1. The number of nitrogens with zero attached hydrogens (tertiary/aromatic N) is 1. The summed E-state index contributed by atoms with van der Waals surface area (Å²) in [5.74, 6) is 0.185. The molecule has 0 bridgehead atoms. The molecule has 20 heavy (non-hydrogen) atoms. The van der Waals surface area contributed by atoms with E-state index in [1.807, 2.05) is 0 Å². The number of rotatable bonds is 2. The highest BCUT2D eigenvalue weighted by molar-refractivity contribution is 7.92. The van der Waals surface area contributed by atoms with Gasteiger partial charge in [0.05, 0.1) is 16.5 Å². The highest BCUT2D eigenvalue weighted by atomic mass is 32.2. The van der Waals surface area contributed by atoms with Crippen molar-refractivity contribution in [2.75, 3.05) is 5.75 Å². The maximum absolute atomic E-state index is 12.0. The molecular weight excluding hydrogens is 280 g/mol. The molecule has 1 aromatic heterocycles. The van der Waals surface area contributed by atoms with Crippen LogP contribution in [0.2, 0.25) is 0 Å². The van der Waals surface area contributed by atoms with E-state index in [-0.39, 0.29) is 23.7 Å². The lowest BCUT2D eigenvalue weighted by atomic mass is 10.2. The van der Waals surface area contributed by atoms with Crippen molar-refractivity contribution in [2.24, 2.45) is 0 Å². The van der Waals surface area contributed by atoms with Gasteiger partial charge in [0, 0.05) is 6.54 Å². The number of benzene rings is 1. The third kappa shape index (κ3) is 2.11. The first-order valence-corrected chi connectivity index (χ1v) is 8.32. The minimum atomic E-state index is -3.13. The fourth-order valence-corrected chi connectivity index (χ4v) is 4.62. The second-order valence-corrected chi connectivity index (χ2v) is 7.60. The lowest BCUT2D eigenvalue weighted by Crippen LogP contribution is -2.34. The summed E-state index contributed by atoms with van der Waals surface area (Å²) in [5, 5.41) is 9.20. The molecule has 2 aromatic rings. The van der Waals surface area contributed by atoms with Gasteiger partial charge < -0.3 is 10.1 Å². The summed E-state index contributed by atoms with van der Waals surface area (Å²) in [6.45, 7) is 0.143. The highest BCUT2D eigenvalue weighted by Gasteiger charge is 2.30. The molecule has 0 aliphatic carbocycles. The van der Waals surface area contributed by atoms with Crippen LogP contribution in [-0.4, -0.2) is 34.1 Å². The number of aromatic nitrogens is 2. The average molecular weight is 296 g/mol. The number of hydrogen-bond acceptors (Lipinski definition) is 4. The molecule has 0 amide bonds. The number of H-pyrrole nitrogens is 1. The predicted octanol–water partition coefficient (Wildman–Crippen LogP) is 1.00. The summed E-state index contributed by atoms with van der Waals surface area (Å²) in [6, 6.07) is 4.82. The van der Waals surface area contributed by atoms with E-state index in [2.05, 4.69) is 4.98 Å². The van der Waals surface area contributed by atoms with E-state index in [0.29, 0.717) is 23.9 Å². The van der Waals surface area contributed by atoms with Crippen molar-refractivity contribution in [3.05, 3.63) is 28.7 Å². The Kier molecular flexibility index (Phi) is 3.08. The maximum atomic E-state index is 12.0. The predicted molar refractivity (Wildman–Crippen MR) is 75.6 cm³/mol. The van der Waals surface area contributed by atoms with Crippen LogP contribution in [0.3, 0.4) is 0 Å². The first-order chi connectivity index (χ1) is 9.49. The lowest BCUT2D eigenvalue weighted by molar-refractivity contribution is 0.480. The molecule has 1 aliphatic heterocycles. The van der Waals surface area contributed by atoms with E-state index in [1.165, 1.54) is 10.6 Å². The molecule has 6 nitrogen and oxygen atoms in total. The second kappa shape index (κ2) is 4.66. The summed E-state index contributed by atoms with van der Waals surface area (Å²) < 4.78 is 25.5. The van der Waals surface area contributed by atoms with Crippen LogP contribution in [0.15, 0.2) is 23.0 Å². The SMILES string of the molecule is O=c1[nH]c2c(O)cccc2n1CC1CCCCS1(=O)=O. The van der Waals surface area contributed by atoms with Gasteiger partial charge in [-0.1, -0.05) is 12.5 Å². The third-order valence-corrected chi connectivity index (χ3v) is 6.15. The van der Waals surface area contributed by atoms with Crippen molar-refractivity contribution in [2.45, 2.75) is 31.1 Å². The van der Waals surface area contributed by atoms with Gasteiger partial charge in [-0.15, -0.1) is 0 Å². The maximum Gasteiger partial charge on any atom is 0.326 e. The van der Waals surface area contributed by atoms with Crippen LogP contribution in [0.1, 0.15) is 19.3 Å². The zero-order valence-electron chi connectivity index (χ0n) is 10.9. The molecule has 7 heteroatoms. The number of nitrogens with one attached hydrogen (secondary N) is 1. The number of aromatic amines is 1. The molecule has 3 rings (SSSR count). The van der Waals surface area contributed by atoms with E-state index in [0.717, 1.165) is 6.42 Å². The Labute approximate surface area is 116 Å². The minimum absolute atomic E-state index is 0.00940. The highest BCUT2D eigenvalue weighted by Crippen LogP contribution is 2.24. The molecule has 108 valence electrons. The molecule has 0 radical (unpaired) electrons. The van der Waals surface area contributed by atoms with Crippen molar-refractivity contribution >= 4 is 20.9 Å². The van der Waals surface area contributed by atoms with Crippen LogP contribution >= 0.6 is 0 Å². The molecule has 1 unspecified atom stereocenters. The number of hydrogen-bond donors (Lipinski definition) is 2. The Bertz CT molecular complexity index is 803. The minimum Gasteiger partial charge on any atom is -0.506 e. The third-order valence-electron chi connectivity index (χ3n) is 3.89. The first-order valence-electron chi connectivity index (χ1n) is 6.61.